The summed E-state index contributed by atoms with van der Waals surface area (Å²) in [6.07, 6.45) is 4.38. The number of methoxy groups -OCH3 is 1. The standard InChI is InChI=1S/C21H23NO4S2/c1-14(2)8-10-26-17-7-6-15(11-18(17)24-3)12-19-20(23)22(21(27)28-19)13-16-5-4-9-25-16/h4-7,9,11-12,14H,8,10,13H2,1-3H3/b19-12-. The van der Waals surface area contributed by atoms with E-state index >= 15 is 0 Å². The van der Waals surface area contributed by atoms with Gasteiger partial charge >= 0.3 is 0 Å². The summed E-state index contributed by atoms with van der Waals surface area (Å²) in [5.41, 5.74) is 0.853. The molecule has 1 saturated heterocycles. The first kappa shape index (κ1) is 20.5. The maximum atomic E-state index is 12.7. The van der Waals surface area contributed by atoms with Gasteiger partial charge < -0.3 is 13.9 Å². The van der Waals surface area contributed by atoms with Crippen LogP contribution in [0.5, 0.6) is 11.5 Å². The summed E-state index contributed by atoms with van der Waals surface area (Å²) >= 11 is 6.65. The van der Waals surface area contributed by atoms with Crippen LogP contribution in [0.25, 0.3) is 6.08 Å². The third kappa shape index (κ3) is 4.97. The number of amides is 1. The number of furan rings is 1. The molecule has 3 rings (SSSR count). The van der Waals surface area contributed by atoms with Crippen molar-refractivity contribution in [1.82, 2.24) is 4.90 Å². The maximum Gasteiger partial charge on any atom is 0.266 e. The fourth-order valence-corrected chi connectivity index (χ4v) is 3.90. The zero-order chi connectivity index (χ0) is 20.1. The molecular formula is C21H23NO4S2. The Kier molecular flexibility index (Phi) is 6.80. The summed E-state index contributed by atoms with van der Waals surface area (Å²) in [6.45, 7) is 5.29. The summed E-state index contributed by atoms with van der Waals surface area (Å²) in [5.74, 6) is 2.49. The van der Waals surface area contributed by atoms with Gasteiger partial charge in [0.25, 0.3) is 5.91 Å². The van der Waals surface area contributed by atoms with Gasteiger partial charge in [-0.15, -0.1) is 0 Å². The van der Waals surface area contributed by atoms with Gasteiger partial charge in [0.15, 0.2) is 11.5 Å². The summed E-state index contributed by atoms with van der Waals surface area (Å²) in [6, 6.07) is 9.26. The van der Waals surface area contributed by atoms with Crippen molar-refractivity contribution in [2.45, 2.75) is 26.8 Å². The Morgan fingerprint density at radius 2 is 2.11 bits per heavy atom. The summed E-state index contributed by atoms with van der Waals surface area (Å²) in [5, 5.41) is 0. The third-order valence-corrected chi connectivity index (χ3v) is 5.58. The van der Waals surface area contributed by atoms with E-state index in [1.807, 2.05) is 30.3 Å². The van der Waals surface area contributed by atoms with Gasteiger partial charge in [-0.25, -0.2) is 0 Å². The number of carbonyl (C=O) groups excluding carboxylic acids is 1. The summed E-state index contributed by atoms with van der Waals surface area (Å²) in [4.78, 5) is 14.8. The number of thiocarbonyl (C=S) groups is 1. The molecule has 2 aromatic rings. The molecule has 0 radical (unpaired) electrons. The number of rotatable bonds is 8. The lowest BCUT2D eigenvalue weighted by atomic mass is 10.1. The minimum atomic E-state index is -0.123. The second-order valence-corrected chi connectivity index (χ2v) is 8.46. The van der Waals surface area contributed by atoms with Gasteiger partial charge in [-0.05, 0) is 48.2 Å². The molecule has 0 N–H and O–H groups in total. The van der Waals surface area contributed by atoms with Crippen LogP contribution in [-0.4, -0.2) is 28.8 Å². The first-order chi connectivity index (χ1) is 13.5. The molecular weight excluding hydrogens is 394 g/mol. The molecule has 1 aliphatic rings. The van der Waals surface area contributed by atoms with Gasteiger partial charge in [-0.1, -0.05) is 43.9 Å². The van der Waals surface area contributed by atoms with Crippen molar-refractivity contribution < 1.29 is 18.7 Å². The van der Waals surface area contributed by atoms with Gasteiger partial charge in [-0.2, -0.15) is 0 Å². The van der Waals surface area contributed by atoms with E-state index < -0.39 is 0 Å². The fraction of sp³-hybridized carbons (Fsp3) is 0.333. The molecule has 1 aromatic heterocycles. The molecule has 0 bridgehead atoms. The summed E-state index contributed by atoms with van der Waals surface area (Å²) < 4.78 is 17.1. The Balaban J connectivity index is 1.73. The summed E-state index contributed by atoms with van der Waals surface area (Å²) in [7, 11) is 1.61. The molecule has 7 heteroatoms. The molecule has 1 aromatic carbocycles. The highest BCUT2D eigenvalue weighted by Gasteiger charge is 2.32. The van der Waals surface area contributed by atoms with E-state index in [0.29, 0.717) is 45.6 Å². The maximum absolute atomic E-state index is 12.7. The molecule has 1 amide bonds. The lowest BCUT2D eigenvalue weighted by molar-refractivity contribution is -0.122. The van der Waals surface area contributed by atoms with Crippen molar-refractivity contribution >= 4 is 40.3 Å². The average Bonchev–Trinajstić information content (AvgIpc) is 3.27. The van der Waals surface area contributed by atoms with Crippen molar-refractivity contribution in [3.05, 3.63) is 52.8 Å². The number of benzene rings is 1. The van der Waals surface area contributed by atoms with E-state index in [1.165, 1.54) is 11.8 Å². The Morgan fingerprint density at radius 1 is 1.29 bits per heavy atom. The molecule has 0 unspecified atom stereocenters. The Hall–Kier alpha value is -2.25. The molecule has 0 aliphatic carbocycles. The van der Waals surface area contributed by atoms with E-state index in [4.69, 9.17) is 26.1 Å². The fourth-order valence-electron chi connectivity index (χ4n) is 2.64. The first-order valence-corrected chi connectivity index (χ1v) is 10.3. The quantitative estimate of drug-likeness (QED) is 0.439. The van der Waals surface area contributed by atoms with Gasteiger partial charge in [0.1, 0.15) is 10.1 Å². The van der Waals surface area contributed by atoms with Crippen LogP contribution in [-0.2, 0) is 11.3 Å². The van der Waals surface area contributed by atoms with Crippen LogP contribution in [0, 0.1) is 5.92 Å². The molecule has 1 aliphatic heterocycles. The van der Waals surface area contributed by atoms with Crippen molar-refractivity contribution in [3.63, 3.8) is 0 Å². The molecule has 2 heterocycles. The number of hydrogen-bond donors (Lipinski definition) is 0. The van der Waals surface area contributed by atoms with Crippen LogP contribution in [0.2, 0.25) is 0 Å². The van der Waals surface area contributed by atoms with Crippen LogP contribution in [0.4, 0.5) is 0 Å². The van der Waals surface area contributed by atoms with Gasteiger partial charge in [0, 0.05) is 0 Å². The highest BCUT2D eigenvalue weighted by Crippen LogP contribution is 2.35. The average molecular weight is 418 g/mol. The second kappa shape index (κ2) is 9.30. The molecule has 0 spiro atoms. The first-order valence-electron chi connectivity index (χ1n) is 9.06. The molecule has 0 atom stereocenters. The van der Waals surface area contributed by atoms with Crippen molar-refractivity contribution in [2.24, 2.45) is 5.92 Å². The van der Waals surface area contributed by atoms with Gasteiger partial charge in [-0.3, -0.25) is 9.69 Å². The highest BCUT2D eigenvalue weighted by atomic mass is 32.2. The third-order valence-electron chi connectivity index (χ3n) is 4.21. The normalized spacial score (nSPS) is 15.7. The monoisotopic (exact) mass is 417 g/mol. The lowest BCUT2D eigenvalue weighted by Gasteiger charge is -2.13. The SMILES string of the molecule is COc1cc(/C=C2\SC(=S)N(Cc3ccco3)C2=O)ccc1OCCC(C)C. The zero-order valence-electron chi connectivity index (χ0n) is 16.1. The predicted molar refractivity (Wildman–Crippen MR) is 115 cm³/mol. The van der Waals surface area contributed by atoms with Crippen LogP contribution in [0.3, 0.4) is 0 Å². The lowest BCUT2D eigenvalue weighted by Crippen LogP contribution is -2.27. The van der Waals surface area contributed by atoms with Crippen LogP contribution in [0.15, 0.2) is 45.9 Å². The van der Waals surface area contributed by atoms with E-state index in [9.17, 15) is 4.79 Å². The van der Waals surface area contributed by atoms with E-state index in [-0.39, 0.29) is 5.91 Å². The van der Waals surface area contributed by atoms with Crippen LogP contribution < -0.4 is 9.47 Å². The topological polar surface area (TPSA) is 51.9 Å². The molecule has 148 valence electrons. The Labute approximate surface area is 174 Å². The van der Waals surface area contributed by atoms with Crippen molar-refractivity contribution in [1.29, 1.82) is 0 Å². The second-order valence-electron chi connectivity index (χ2n) is 6.79. The number of nitrogens with zero attached hydrogens (tertiary/aromatic N) is 1. The molecule has 1 fully saturated rings. The molecule has 5 nitrogen and oxygen atoms in total. The predicted octanol–water partition coefficient (Wildman–Crippen LogP) is 5.11. The smallest absolute Gasteiger partial charge is 0.266 e. The molecule has 28 heavy (non-hydrogen) atoms. The minimum Gasteiger partial charge on any atom is -0.493 e. The zero-order valence-corrected chi connectivity index (χ0v) is 17.8. The van der Waals surface area contributed by atoms with Gasteiger partial charge in [0.2, 0.25) is 0 Å². The minimum absolute atomic E-state index is 0.123. The van der Waals surface area contributed by atoms with E-state index in [0.717, 1.165) is 12.0 Å². The van der Waals surface area contributed by atoms with Crippen LogP contribution in [0.1, 0.15) is 31.6 Å². The number of carbonyl (C=O) groups is 1. The number of thioether (sulfide) groups is 1. The van der Waals surface area contributed by atoms with E-state index in [1.54, 1.807) is 24.3 Å². The number of hydrogen-bond acceptors (Lipinski definition) is 6. The molecule has 0 saturated carbocycles. The Morgan fingerprint density at radius 3 is 2.79 bits per heavy atom. The van der Waals surface area contributed by atoms with E-state index in [2.05, 4.69) is 13.8 Å². The highest BCUT2D eigenvalue weighted by molar-refractivity contribution is 8.26. The van der Waals surface area contributed by atoms with Gasteiger partial charge in [0.05, 0.1) is 31.4 Å². The van der Waals surface area contributed by atoms with Crippen molar-refractivity contribution in [2.75, 3.05) is 13.7 Å². The van der Waals surface area contributed by atoms with Crippen LogP contribution >= 0.6 is 24.0 Å². The van der Waals surface area contributed by atoms with Crippen molar-refractivity contribution in [3.8, 4) is 11.5 Å². The largest absolute Gasteiger partial charge is 0.493 e. The number of ether oxygens (including phenoxy) is 2. The Bertz CT molecular complexity index is 875.